The maximum Gasteiger partial charge on any atom is 0.356 e. The Hall–Kier alpha value is -1.91. The van der Waals surface area contributed by atoms with Gasteiger partial charge in [-0.05, 0) is 13.8 Å². The molecule has 0 radical (unpaired) electrons. The molecule has 1 rings (SSSR count). The van der Waals surface area contributed by atoms with E-state index in [1.54, 1.807) is 12.3 Å². The van der Waals surface area contributed by atoms with Crippen LogP contribution in [-0.2, 0) is 0 Å². The van der Waals surface area contributed by atoms with E-state index >= 15 is 0 Å². The summed E-state index contributed by atoms with van der Waals surface area (Å²) in [7, 11) is 0. The summed E-state index contributed by atoms with van der Waals surface area (Å²) in [4.78, 5) is 20.6. The number of anilines is 1. The van der Waals surface area contributed by atoms with Crippen LogP contribution in [0.3, 0.4) is 0 Å². The summed E-state index contributed by atoms with van der Waals surface area (Å²) in [5.41, 5.74) is -0.0489. The van der Waals surface area contributed by atoms with Gasteiger partial charge >= 0.3 is 5.97 Å². The first-order valence-corrected chi connectivity index (χ1v) is 4.99. The second kappa shape index (κ2) is 5.25. The van der Waals surface area contributed by atoms with Crippen molar-refractivity contribution in [1.82, 2.24) is 9.97 Å². The smallest absolute Gasteiger partial charge is 0.356 e. The highest BCUT2D eigenvalue weighted by Gasteiger charge is 2.13. The lowest BCUT2D eigenvalue weighted by Crippen LogP contribution is -2.32. The van der Waals surface area contributed by atoms with Crippen molar-refractivity contribution in [1.29, 1.82) is 0 Å². The Morgan fingerprint density at radius 3 is 2.81 bits per heavy atom. The van der Waals surface area contributed by atoms with E-state index in [0.717, 1.165) is 0 Å². The van der Waals surface area contributed by atoms with Crippen LogP contribution in [0.1, 0.15) is 24.3 Å². The summed E-state index contributed by atoms with van der Waals surface area (Å²) < 4.78 is 0. The number of aromatic carboxylic acids is 1. The number of aromatic nitrogens is 2. The third kappa shape index (κ3) is 2.79. The topological polar surface area (TPSA) is 66.3 Å². The van der Waals surface area contributed by atoms with Gasteiger partial charge in [-0.15, -0.1) is 6.58 Å². The molecule has 0 spiro atoms. The fourth-order valence-corrected chi connectivity index (χ4v) is 1.31. The van der Waals surface area contributed by atoms with Gasteiger partial charge in [-0.25, -0.2) is 9.78 Å². The quantitative estimate of drug-likeness (QED) is 0.764. The summed E-state index contributed by atoms with van der Waals surface area (Å²) in [5, 5.41) is 8.82. The van der Waals surface area contributed by atoms with Crippen LogP contribution in [0.25, 0.3) is 0 Å². The minimum atomic E-state index is -1.07. The molecule has 0 aliphatic carbocycles. The average molecular weight is 221 g/mol. The Bertz CT molecular complexity index is 391. The molecule has 0 amide bonds. The van der Waals surface area contributed by atoms with Gasteiger partial charge in [-0.1, -0.05) is 6.08 Å². The van der Waals surface area contributed by atoms with E-state index in [0.29, 0.717) is 12.4 Å². The fraction of sp³-hybridized carbons (Fsp3) is 0.364. The van der Waals surface area contributed by atoms with E-state index in [2.05, 4.69) is 16.5 Å². The highest BCUT2D eigenvalue weighted by atomic mass is 16.4. The van der Waals surface area contributed by atoms with Crippen LogP contribution < -0.4 is 4.90 Å². The van der Waals surface area contributed by atoms with Crippen LogP contribution in [0.15, 0.2) is 25.0 Å². The van der Waals surface area contributed by atoms with Gasteiger partial charge in [0, 0.05) is 12.6 Å². The molecule has 86 valence electrons. The highest BCUT2D eigenvalue weighted by molar-refractivity contribution is 5.85. The average Bonchev–Trinajstić information content (AvgIpc) is 2.25. The first kappa shape index (κ1) is 12.2. The molecule has 0 aliphatic heterocycles. The van der Waals surface area contributed by atoms with Gasteiger partial charge in [0.05, 0.1) is 12.4 Å². The number of hydrogen-bond acceptors (Lipinski definition) is 4. The summed E-state index contributed by atoms with van der Waals surface area (Å²) >= 11 is 0. The molecule has 0 bridgehead atoms. The van der Waals surface area contributed by atoms with Gasteiger partial charge < -0.3 is 10.0 Å². The molecule has 16 heavy (non-hydrogen) atoms. The largest absolute Gasteiger partial charge is 0.476 e. The summed E-state index contributed by atoms with van der Waals surface area (Å²) in [5.74, 6) is -0.522. The van der Waals surface area contributed by atoms with Crippen molar-refractivity contribution in [3.63, 3.8) is 0 Å². The van der Waals surface area contributed by atoms with Crippen molar-refractivity contribution in [3.8, 4) is 0 Å². The van der Waals surface area contributed by atoms with Gasteiger partial charge in [0.15, 0.2) is 5.69 Å². The predicted molar refractivity (Wildman–Crippen MR) is 61.7 cm³/mol. The Labute approximate surface area is 94.5 Å². The predicted octanol–water partition coefficient (Wildman–Crippen LogP) is 1.58. The summed E-state index contributed by atoms with van der Waals surface area (Å²) in [6, 6.07) is 0.205. The number of rotatable bonds is 5. The number of hydrogen-bond donors (Lipinski definition) is 1. The van der Waals surface area contributed by atoms with Gasteiger partial charge in [0.25, 0.3) is 0 Å². The number of carboxylic acid groups (broad SMARTS) is 1. The molecule has 0 aliphatic rings. The molecule has 1 aromatic rings. The number of nitrogens with zero attached hydrogens (tertiary/aromatic N) is 3. The minimum Gasteiger partial charge on any atom is -0.476 e. The molecule has 5 heteroatoms. The van der Waals surface area contributed by atoms with E-state index in [9.17, 15) is 4.79 Å². The molecule has 0 saturated heterocycles. The summed E-state index contributed by atoms with van der Waals surface area (Å²) in [6.07, 6.45) is 4.53. The van der Waals surface area contributed by atoms with Crippen molar-refractivity contribution < 1.29 is 9.90 Å². The standard InChI is InChI=1S/C11H15N3O2/c1-4-5-14(8(2)3)10-7-12-6-9(13-10)11(15)16/h4,6-8H,1,5H2,2-3H3,(H,15,16). The molecule has 0 atom stereocenters. The fourth-order valence-electron chi connectivity index (χ4n) is 1.31. The van der Waals surface area contributed by atoms with Crippen LogP contribution in [-0.4, -0.2) is 33.6 Å². The molecular formula is C11H15N3O2. The van der Waals surface area contributed by atoms with E-state index < -0.39 is 5.97 Å². The number of carboxylic acids is 1. The maximum absolute atomic E-state index is 10.8. The van der Waals surface area contributed by atoms with Crippen LogP contribution in [0, 0.1) is 0 Å². The third-order valence-electron chi connectivity index (χ3n) is 2.08. The second-order valence-electron chi connectivity index (χ2n) is 3.60. The normalized spacial score (nSPS) is 10.2. The Balaban J connectivity index is 3.04. The lowest BCUT2D eigenvalue weighted by atomic mass is 10.3. The van der Waals surface area contributed by atoms with Crippen LogP contribution in [0.5, 0.6) is 0 Å². The first-order valence-electron chi connectivity index (χ1n) is 4.99. The molecule has 1 N–H and O–H groups in total. The first-order chi connectivity index (χ1) is 7.56. The highest BCUT2D eigenvalue weighted by Crippen LogP contribution is 2.13. The van der Waals surface area contributed by atoms with Gasteiger partial charge in [0.1, 0.15) is 5.82 Å². The van der Waals surface area contributed by atoms with E-state index in [1.807, 2.05) is 18.7 Å². The van der Waals surface area contributed by atoms with Crippen LogP contribution in [0.2, 0.25) is 0 Å². The Morgan fingerprint density at radius 1 is 1.62 bits per heavy atom. The molecule has 1 aromatic heterocycles. The molecule has 0 unspecified atom stereocenters. The Kier molecular flexibility index (Phi) is 3.99. The zero-order valence-electron chi connectivity index (χ0n) is 9.42. The van der Waals surface area contributed by atoms with Crippen molar-refractivity contribution in [2.75, 3.05) is 11.4 Å². The molecule has 1 heterocycles. The van der Waals surface area contributed by atoms with Gasteiger partial charge in [-0.3, -0.25) is 4.98 Å². The molecule has 0 fully saturated rings. The maximum atomic E-state index is 10.8. The Morgan fingerprint density at radius 2 is 2.31 bits per heavy atom. The van der Waals surface area contributed by atoms with Crippen molar-refractivity contribution in [3.05, 3.63) is 30.7 Å². The van der Waals surface area contributed by atoms with Crippen LogP contribution >= 0.6 is 0 Å². The lowest BCUT2D eigenvalue weighted by Gasteiger charge is -2.26. The monoisotopic (exact) mass is 221 g/mol. The van der Waals surface area contributed by atoms with Crippen molar-refractivity contribution in [2.45, 2.75) is 19.9 Å². The molecule has 0 aromatic carbocycles. The van der Waals surface area contributed by atoms with E-state index in [-0.39, 0.29) is 11.7 Å². The molecule has 0 saturated carbocycles. The van der Waals surface area contributed by atoms with Crippen molar-refractivity contribution >= 4 is 11.8 Å². The van der Waals surface area contributed by atoms with Gasteiger partial charge in [-0.2, -0.15) is 0 Å². The number of carbonyl (C=O) groups is 1. The van der Waals surface area contributed by atoms with E-state index in [4.69, 9.17) is 5.11 Å². The van der Waals surface area contributed by atoms with Gasteiger partial charge in [0.2, 0.25) is 0 Å². The van der Waals surface area contributed by atoms with E-state index in [1.165, 1.54) is 6.20 Å². The molecule has 5 nitrogen and oxygen atoms in total. The van der Waals surface area contributed by atoms with Crippen molar-refractivity contribution in [2.24, 2.45) is 0 Å². The molecular weight excluding hydrogens is 206 g/mol. The third-order valence-corrected chi connectivity index (χ3v) is 2.08. The lowest BCUT2D eigenvalue weighted by molar-refractivity contribution is 0.0690. The minimum absolute atomic E-state index is 0.0489. The zero-order chi connectivity index (χ0) is 12.1. The SMILES string of the molecule is C=CCN(c1cncc(C(=O)O)n1)C(C)C. The zero-order valence-corrected chi connectivity index (χ0v) is 9.42. The summed E-state index contributed by atoms with van der Waals surface area (Å²) in [6.45, 7) is 8.26. The van der Waals surface area contributed by atoms with Crippen LogP contribution in [0.4, 0.5) is 5.82 Å². The second-order valence-corrected chi connectivity index (χ2v) is 3.60.